The highest BCUT2D eigenvalue weighted by molar-refractivity contribution is 7.99. The Kier molecular flexibility index (Phi) is 9.49. The van der Waals surface area contributed by atoms with Gasteiger partial charge in [0.05, 0.1) is 5.75 Å². The third-order valence-corrected chi connectivity index (χ3v) is 3.33. The van der Waals surface area contributed by atoms with Crippen molar-refractivity contribution in [1.82, 2.24) is 0 Å². The highest BCUT2D eigenvalue weighted by atomic mass is 32.2. The van der Waals surface area contributed by atoms with E-state index < -0.39 is 18.0 Å². The predicted octanol–water partition coefficient (Wildman–Crippen LogP) is 2.06. The van der Waals surface area contributed by atoms with Gasteiger partial charge in [-0.25, -0.2) is 0 Å². The SMILES string of the molecule is CC(C)[C@H](N)C(=O)O.O=C(O)CSCc1ccccc1. The van der Waals surface area contributed by atoms with Crippen molar-refractivity contribution in [1.29, 1.82) is 0 Å². The molecule has 4 N–H and O–H groups in total. The summed E-state index contributed by atoms with van der Waals surface area (Å²) >= 11 is 1.41. The monoisotopic (exact) mass is 299 g/mol. The fourth-order valence-electron chi connectivity index (χ4n) is 1.12. The van der Waals surface area contributed by atoms with Crippen LogP contribution in [0.1, 0.15) is 19.4 Å². The van der Waals surface area contributed by atoms with E-state index in [1.54, 1.807) is 13.8 Å². The third kappa shape index (κ3) is 9.41. The smallest absolute Gasteiger partial charge is 0.320 e. The van der Waals surface area contributed by atoms with Crippen LogP contribution in [0.2, 0.25) is 0 Å². The standard InChI is InChI=1S/C9H10O2S.C5H11NO2/c10-9(11)7-12-6-8-4-2-1-3-5-8;1-3(2)4(6)5(7)8/h1-5H,6-7H2,(H,10,11);3-4H,6H2,1-2H3,(H,7,8)/t;4-/m.0/s1. The Morgan fingerprint density at radius 2 is 1.75 bits per heavy atom. The Morgan fingerprint density at radius 3 is 2.10 bits per heavy atom. The lowest BCUT2D eigenvalue weighted by molar-refractivity contribution is -0.139. The maximum absolute atomic E-state index is 10.2. The molecule has 0 aliphatic heterocycles. The molecule has 6 heteroatoms. The third-order valence-electron chi connectivity index (χ3n) is 2.34. The number of aliphatic carboxylic acids is 2. The molecule has 0 fully saturated rings. The van der Waals surface area contributed by atoms with E-state index in [0.29, 0.717) is 0 Å². The molecular formula is C14H21NO4S. The summed E-state index contributed by atoms with van der Waals surface area (Å²) in [4.78, 5) is 20.2. The lowest BCUT2D eigenvalue weighted by Gasteiger charge is -2.07. The van der Waals surface area contributed by atoms with Crippen LogP contribution < -0.4 is 5.73 Å². The molecule has 0 aliphatic carbocycles. The number of carboxylic acids is 2. The first kappa shape index (κ1) is 18.5. The van der Waals surface area contributed by atoms with E-state index in [1.165, 1.54) is 17.3 Å². The molecule has 0 aliphatic rings. The van der Waals surface area contributed by atoms with Crippen molar-refractivity contribution in [3.63, 3.8) is 0 Å². The van der Waals surface area contributed by atoms with Gasteiger partial charge in [0.2, 0.25) is 0 Å². The molecule has 20 heavy (non-hydrogen) atoms. The lowest BCUT2D eigenvalue weighted by Crippen LogP contribution is -2.34. The molecule has 0 radical (unpaired) electrons. The van der Waals surface area contributed by atoms with Crippen molar-refractivity contribution in [3.05, 3.63) is 35.9 Å². The van der Waals surface area contributed by atoms with Gasteiger partial charge in [-0.3, -0.25) is 9.59 Å². The first-order valence-corrected chi connectivity index (χ1v) is 7.32. The average Bonchev–Trinajstić information content (AvgIpc) is 2.39. The Labute approximate surface area is 123 Å². The van der Waals surface area contributed by atoms with Gasteiger partial charge in [0.1, 0.15) is 6.04 Å². The summed E-state index contributed by atoms with van der Waals surface area (Å²) in [6.45, 7) is 3.55. The normalized spacial score (nSPS) is 11.4. The second-order valence-electron chi connectivity index (χ2n) is 4.48. The summed E-state index contributed by atoms with van der Waals surface area (Å²) in [6, 6.07) is 9.14. The zero-order valence-corrected chi connectivity index (χ0v) is 12.5. The molecule has 0 aromatic heterocycles. The molecule has 1 aromatic rings. The van der Waals surface area contributed by atoms with Gasteiger partial charge in [0.25, 0.3) is 0 Å². The summed E-state index contributed by atoms with van der Waals surface area (Å²) in [5.41, 5.74) is 6.33. The van der Waals surface area contributed by atoms with E-state index >= 15 is 0 Å². The van der Waals surface area contributed by atoms with Gasteiger partial charge in [-0.2, -0.15) is 0 Å². The van der Waals surface area contributed by atoms with Crippen molar-refractivity contribution in [2.75, 3.05) is 5.75 Å². The first-order chi connectivity index (χ1) is 9.34. The van der Waals surface area contributed by atoms with Gasteiger partial charge in [-0.15, -0.1) is 11.8 Å². The summed E-state index contributed by atoms with van der Waals surface area (Å²) in [5.74, 6) is -0.717. The van der Waals surface area contributed by atoms with Crippen molar-refractivity contribution < 1.29 is 19.8 Å². The Bertz CT molecular complexity index is 409. The Hall–Kier alpha value is -1.53. The maximum Gasteiger partial charge on any atom is 0.320 e. The van der Waals surface area contributed by atoms with Crippen molar-refractivity contribution in [3.8, 4) is 0 Å². The highest BCUT2D eigenvalue weighted by Gasteiger charge is 2.14. The van der Waals surface area contributed by atoms with E-state index in [4.69, 9.17) is 15.9 Å². The van der Waals surface area contributed by atoms with Crippen LogP contribution in [0.3, 0.4) is 0 Å². The average molecular weight is 299 g/mol. The van der Waals surface area contributed by atoms with Crippen LogP contribution in [0.4, 0.5) is 0 Å². The predicted molar refractivity (Wildman–Crippen MR) is 80.7 cm³/mol. The van der Waals surface area contributed by atoms with E-state index in [0.717, 1.165) is 5.75 Å². The number of thioether (sulfide) groups is 1. The molecule has 0 unspecified atom stereocenters. The summed E-state index contributed by atoms with van der Waals surface area (Å²) < 4.78 is 0. The molecule has 1 aromatic carbocycles. The zero-order chi connectivity index (χ0) is 15.5. The second kappa shape index (κ2) is 10.3. The first-order valence-electron chi connectivity index (χ1n) is 6.16. The van der Waals surface area contributed by atoms with Crippen molar-refractivity contribution in [2.45, 2.75) is 25.6 Å². The van der Waals surface area contributed by atoms with Gasteiger partial charge in [0.15, 0.2) is 0 Å². The lowest BCUT2D eigenvalue weighted by atomic mass is 10.1. The van der Waals surface area contributed by atoms with Crippen LogP contribution in [-0.2, 0) is 15.3 Å². The number of hydrogen-bond donors (Lipinski definition) is 3. The molecule has 0 saturated heterocycles. The van der Waals surface area contributed by atoms with Crippen LogP contribution >= 0.6 is 11.8 Å². The second-order valence-corrected chi connectivity index (χ2v) is 5.47. The van der Waals surface area contributed by atoms with Crippen LogP contribution in [0, 0.1) is 5.92 Å². The molecular weight excluding hydrogens is 278 g/mol. The van der Waals surface area contributed by atoms with E-state index in [9.17, 15) is 9.59 Å². The molecule has 0 amide bonds. The topological polar surface area (TPSA) is 101 Å². The molecule has 0 bridgehead atoms. The van der Waals surface area contributed by atoms with E-state index in [-0.39, 0.29) is 11.7 Å². The molecule has 112 valence electrons. The number of carboxylic acid groups (broad SMARTS) is 2. The van der Waals surface area contributed by atoms with Gasteiger partial charge in [-0.1, -0.05) is 44.2 Å². The fourth-order valence-corrected chi connectivity index (χ4v) is 1.82. The number of nitrogens with two attached hydrogens (primary N) is 1. The molecule has 0 heterocycles. The number of rotatable bonds is 6. The van der Waals surface area contributed by atoms with E-state index in [2.05, 4.69) is 0 Å². The van der Waals surface area contributed by atoms with Crippen LogP contribution in [-0.4, -0.2) is 33.9 Å². The molecule has 0 saturated carbocycles. The van der Waals surface area contributed by atoms with Gasteiger partial charge < -0.3 is 15.9 Å². The van der Waals surface area contributed by atoms with Crippen LogP contribution in [0.5, 0.6) is 0 Å². The number of benzene rings is 1. The Balaban J connectivity index is 0.000000396. The summed E-state index contributed by atoms with van der Waals surface area (Å²) in [5, 5.41) is 16.6. The van der Waals surface area contributed by atoms with Crippen molar-refractivity contribution >= 4 is 23.7 Å². The minimum atomic E-state index is -0.931. The van der Waals surface area contributed by atoms with Gasteiger partial charge in [-0.05, 0) is 11.5 Å². The molecule has 5 nitrogen and oxygen atoms in total. The van der Waals surface area contributed by atoms with Crippen LogP contribution in [0.15, 0.2) is 30.3 Å². The summed E-state index contributed by atoms with van der Waals surface area (Å²) in [6.07, 6.45) is 0. The maximum atomic E-state index is 10.2. The zero-order valence-electron chi connectivity index (χ0n) is 11.7. The minimum absolute atomic E-state index is 0.0208. The van der Waals surface area contributed by atoms with E-state index in [1.807, 2.05) is 30.3 Å². The molecule has 1 rings (SSSR count). The number of carbonyl (C=O) groups is 2. The number of hydrogen-bond acceptors (Lipinski definition) is 4. The fraction of sp³-hybridized carbons (Fsp3) is 0.429. The highest BCUT2D eigenvalue weighted by Crippen LogP contribution is 2.10. The summed E-state index contributed by atoms with van der Waals surface area (Å²) in [7, 11) is 0. The van der Waals surface area contributed by atoms with Gasteiger partial charge >= 0.3 is 11.9 Å². The largest absolute Gasteiger partial charge is 0.481 e. The van der Waals surface area contributed by atoms with Gasteiger partial charge in [0, 0.05) is 5.75 Å². The minimum Gasteiger partial charge on any atom is -0.481 e. The Morgan fingerprint density at radius 1 is 1.20 bits per heavy atom. The van der Waals surface area contributed by atoms with Crippen LogP contribution in [0.25, 0.3) is 0 Å². The quantitative estimate of drug-likeness (QED) is 0.743. The molecule has 1 atom stereocenters. The van der Waals surface area contributed by atoms with Crippen molar-refractivity contribution in [2.24, 2.45) is 11.7 Å². The molecule has 0 spiro atoms.